The first-order valence-corrected chi connectivity index (χ1v) is 5.62. The third-order valence-corrected chi connectivity index (χ3v) is 3.76. The predicted molar refractivity (Wildman–Crippen MR) is 65.4 cm³/mol. The van der Waals surface area contributed by atoms with Crippen molar-refractivity contribution in [2.75, 3.05) is 11.9 Å². The van der Waals surface area contributed by atoms with Crippen LogP contribution in [0.3, 0.4) is 0 Å². The van der Waals surface area contributed by atoms with Gasteiger partial charge in [-0.25, -0.2) is 0 Å². The zero-order chi connectivity index (χ0) is 12.8. The number of nitrogens with zero attached hydrogens (tertiary/aromatic N) is 1. The second kappa shape index (κ2) is 3.65. The Morgan fingerprint density at radius 2 is 2.12 bits per heavy atom. The number of rotatable bonds is 2. The number of likely N-dealkylation sites (N-methyl/N-ethyl adjacent to an activating group) is 1. The summed E-state index contributed by atoms with van der Waals surface area (Å²) in [6.45, 7) is 3.44. The monoisotopic (exact) mass is 235 g/mol. The molecule has 0 spiro atoms. The van der Waals surface area contributed by atoms with Gasteiger partial charge in [0.25, 0.3) is 0 Å². The predicted octanol–water partition coefficient (Wildman–Crippen LogP) is 1.86. The zero-order valence-electron chi connectivity index (χ0n) is 10.3. The lowest BCUT2D eigenvalue weighted by Gasteiger charge is -2.33. The molecule has 0 saturated heterocycles. The van der Waals surface area contributed by atoms with Gasteiger partial charge in [-0.05, 0) is 32.4 Å². The number of aliphatic carboxylic acids is 1. The van der Waals surface area contributed by atoms with Gasteiger partial charge >= 0.3 is 5.97 Å². The minimum atomic E-state index is -0.847. The van der Waals surface area contributed by atoms with E-state index in [1.807, 2.05) is 18.0 Å². The molecule has 0 bridgehead atoms. The van der Waals surface area contributed by atoms with Gasteiger partial charge < -0.3 is 15.1 Å². The van der Waals surface area contributed by atoms with E-state index in [9.17, 15) is 15.0 Å². The molecule has 4 nitrogen and oxygen atoms in total. The van der Waals surface area contributed by atoms with E-state index in [-0.39, 0.29) is 11.8 Å². The summed E-state index contributed by atoms with van der Waals surface area (Å²) >= 11 is 0. The molecule has 92 valence electrons. The van der Waals surface area contributed by atoms with Gasteiger partial charge in [0.2, 0.25) is 0 Å². The van der Waals surface area contributed by atoms with Gasteiger partial charge in [-0.2, -0.15) is 0 Å². The molecule has 0 aliphatic carbocycles. The number of benzene rings is 1. The number of hydrogen-bond donors (Lipinski definition) is 2. The minimum absolute atomic E-state index is 0.136. The molecule has 1 aliphatic heterocycles. The van der Waals surface area contributed by atoms with Gasteiger partial charge in [-0.1, -0.05) is 6.07 Å². The SMILES string of the molecule is CN1c2cccc(O)c2CC1C(C)(C)C(=O)O. The van der Waals surface area contributed by atoms with Crippen LogP contribution in [0.1, 0.15) is 19.4 Å². The Labute approximate surface area is 100 Å². The highest BCUT2D eigenvalue weighted by atomic mass is 16.4. The summed E-state index contributed by atoms with van der Waals surface area (Å²) in [5, 5.41) is 19.1. The van der Waals surface area contributed by atoms with E-state index in [1.54, 1.807) is 26.0 Å². The van der Waals surface area contributed by atoms with Crippen molar-refractivity contribution in [1.29, 1.82) is 0 Å². The molecule has 0 aromatic heterocycles. The van der Waals surface area contributed by atoms with E-state index in [4.69, 9.17) is 0 Å². The Bertz CT molecular complexity index is 468. The average Bonchev–Trinajstić information content (AvgIpc) is 2.58. The molecular formula is C13H17NO3. The minimum Gasteiger partial charge on any atom is -0.508 e. The van der Waals surface area contributed by atoms with Crippen LogP contribution in [-0.2, 0) is 11.2 Å². The summed E-state index contributed by atoms with van der Waals surface area (Å²) in [5.74, 6) is -0.570. The molecule has 1 aromatic rings. The standard InChI is InChI=1S/C13H17NO3/c1-13(2,12(16)17)11-7-8-9(14(11)3)5-4-6-10(8)15/h4-6,11,15H,7H2,1-3H3,(H,16,17). The molecule has 0 radical (unpaired) electrons. The van der Waals surface area contributed by atoms with E-state index < -0.39 is 11.4 Å². The number of anilines is 1. The number of carboxylic acids is 1. The largest absolute Gasteiger partial charge is 0.508 e. The number of fused-ring (bicyclic) bond motifs is 1. The number of carboxylic acid groups (broad SMARTS) is 1. The summed E-state index contributed by atoms with van der Waals surface area (Å²) in [4.78, 5) is 13.2. The summed E-state index contributed by atoms with van der Waals surface area (Å²) in [6, 6.07) is 5.19. The van der Waals surface area contributed by atoms with Crippen molar-refractivity contribution in [2.45, 2.75) is 26.3 Å². The van der Waals surface area contributed by atoms with Crippen LogP contribution in [0.15, 0.2) is 18.2 Å². The highest BCUT2D eigenvalue weighted by Gasteiger charge is 2.43. The number of hydrogen-bond acceptors (Lipinski definition) is 3. The summed E-state index contributed by atoms with van der Waals surface area (Å²) in [6.07, 6.45) is 0.567. The molecule has 0 amide bonds. The fourth-order valence-corrected chi connectivity index (χ4v) is 2.48. The molecule has 1 heterocycles. The first-order valence-electron chi connectivity index (χ1n) is 5.62. The molecule has 0 fully saturated rings. The van der Waals surface area contributed by atoms with Gasteiger partial charge in [0, 0.05) is 24.3 Å². The van der Waals surface area contributed by atoms with Crippen LogP contribution in [-0.4, -0.2) is 29.3 Å². The van der Waals surface area contributed by atoms with Crippen molar-refractivity contribution >= 4 is 11.7 Å². The molecule has 4 heteroatoms. The first-order chi connectivity index (χ1) is 7.85. The summed E-state index contributed by atoms with van der Waals surface area (Å²) in [7, 11) is 1.88. The number of aromatic hydroxyl groups is 1. The van der Waals surface area contributed by atoms with E-state index in [2.05, 4.69) is 0 Å². The fraction of sp³-hybridized carbons (Fsp3) is 0.462. The average molecular weight is 235 g/mol. The molecule has 17 heavy (non-hydrogen) atoms. The summed E-state index contributed by atoms with van der Waals surface area (Å²) < 4.78 is 0. The Kier molecular flexibility index (Phi) is 2.53. The second-order valence-electron chi connectivity index (χ2n) is 5.13. The summed E-state index contributed by atoms with van der Waals surface area (Å²) in [5.41, 5.74) is 0.916. The van der Waals surface area contributed by atoms with Crippen LogP contribution in [0.25, 0.3) is 0 Å². The number of phenolic OH excluding ortho intramolecular Hbond substituents is 1. The Balaban J connectivity index is 2.41. The van der Waals surface area contributed by atoms with Crippen molar-refractivity contribution in [3.63, 3.8) is 0 Å². The molecule has 1 atom stereocenters. The van der Waals surface area contributed by atoms with Crippen LogP contribution in [0.5, 0.6) is 5.75 Å². The van der Waals surface area contributed by atoms with Crippen molar-refractivity contribution in [2.24, 2.45) is 5.41 Å². The van der Waals surface area contributed by atoms with Gasteiger partial charge in [-0.15, -0.1) is 0 Å². The molecule has 2 N–H and O–H groups in total. The number of phenols is 1. The first kappa shape index (κ1) is 11.8. The smallest absolute Gasteiger partial charge is 0.311 e. The van der Waals surface area contributed by atoms with Gasteiger partial charge in [0.15, 0.2) is 0 Å². The molecule has 1 aromatic carbocycles. The van der Waals surface area contributed by atoms with Gasteiger partial charge in [0.1, 0.15) is 5.75 Å². The maximum atomic E-state index is 11.3. The van der Waals surface area contributed by atoms with Crippen LogP contribution in [0, 0.1) is 5.41 Å². The maximum Gasteiger partial charge on any atom is 0.311 e. The molecule has 2 rings (SSSR count). The van der Waals surface area contributed by atoms with E-state index in [1.165, 1.54) is 0 Å². The zero-order valence-corrected chi connectivity index (χ0v) is 10.3. The van der Waals surface area contributed by atoms with E-state index in [0.29, 0.717) is 6.42 Å². The lowest BCUT2D eigenvalue weighted by atomic mass is 9.82. The molecular weight excluding hydrogens is 218 g/mol. The van der Waals surface area contributed by atoms with Crippen LogP contribution < -0.4 is 4.90 Å². The van der Waals surface area contributed by atoms with Crippen molar-refractivity contribution in [3.05, 3.63) is 23.8 Å². The maximum absolute atomic E-state index is 11.3. The topological polar surface area (TPSA) is 60.8 Å². The van der Waals surface area contributed by atoms with Crippen LogP contribution in [0.4, 0.5) is 5.69 Å². The lowest BCUT2D eigenvalue weighted by molar-refractivity contribution is -0.148. The number of carbonyl (C=O) groups is 1. The Morgan fingerprint density at radius 1 is 1.47 bits per heavy atom. The van der Waals surface area contributed by atoms with E-state index >= 15 is 0 Å². The highest BCUT2D eigenvalue weighted by Crippen LogP contribution is 2.42. The van der Waals surface area contributed by atoms with Crippen molar-refractivity contribution in [3.8, 4) is 5.75 Å². The lowest BCUT2D eigenvalue weighted by Crippen LogP contribution is -2.46. The molecule has 1 unspecified atom stereocenters. The molecule has 1 aliphatic rings. The van der Waals surface area contributed by atoms with Crippen molar-refractivity contribution in [1.82, 2.24) is 0 Å². The Morgan fingerprint density at radius 3 is 2.65 bits per heavy atom. The van der Waals surface area contributed by atoms with Gasteiger partial charge in [-0.3, -0.25) is 4.79 Å². The normalized spacial score (nSPS) is 19.2. The van der Waals surface area contributed by atoms with Crippen LogP contribution >= 0.6 is 0 Å². The molecule has 0 saturated carbocycles. The second-order valence-corrected chi connectivity index (χ2v) is 5.13. The van der Waals surface area contributed by atoms with E-state index in [0.717, 1.165) is 11.3 Å². The van der Waals surface area contributed by atoms with Crippen molar-refractivity contribution < 1.29 is 15.0 Å². The Hall–Kier alpha value is -1.71. The quantitative estimate of drug-likeness (QED) is 0.821. The third-order valence-electron chi connectivity index (χ3n) is 3.76. The van der Waals surface area contributed by atoms with Gasteiger partial charge in [0.05, 0.1) is 5.41 Å². The van der Waals surface area contributed by atoms with Crippen LogP contribution in [0.2, 0.25) is 0 Å². The highest BCUT2D eigenvalue weighted by molar-refractivity contribution is 5.77. The fourth-order valence-electron chi connectivity index (χ4n) is 2.48. The third kappa shape index (κ3) is 1.64.